The van der Waals surface area contributed by atoms with Gasteiger partial charge in [-0.25, -0.2) is 4.90 Å². The molecule has 1 fully saturated rings. The van der Waals surface area contributed by atoms with E-state index in [-0.39, 0.29) is 11.1 Å². The van der Waals surface area contributed by atoms with Crippen molar-refractivity contribution >= 4 is 46.0 Å². The quantitative estimate of drug-likeness (QED) is 0.780. The highest BCUT2D eigenvalue weighted by Gasteiger charge is 2.37. The van der Waals surface area contributed by atoms with Gasteiger partial charge in [-0.1, -0.05) is 31.2 Å². The smallest absolute Gasteiger partial charge is 0.268 e. The maximum absolute atomic E-state index is 12.5. The fourth-order valence-corrected chi connectivity index (χ4v) is 3.76. The third-order valence-electron chi connectivity index (χ3n) is 3.22. The normalized spacial score (nSPS) is 17.0. The molecule has 0 bridgehead atoms. The van der Waals surface area contributed by atoms with Crippen LogP contribution in [0.25, 0.3) is 6.08 Å². The molecule has 2 amide bonds. The zero-order chi connectivity index (χ0) is 14.8. The summed E-state index contributed by atoms with van der Waals surface area (Å²) in [4.78, 5) is 27.5. The first-order valence-corrected chi connectivity index (χ1v) is 8.29. The Balaban J connectivity index is 1.98. The number of carbonyl (C=O) groups excluding carboxylic acids is 2. The number of aryl methyl sites for hydroxylation is 1. The Kier molecular flexibility index (Phi) is 3.94. The number of thiophene rings is 1. The van der Waals surface area contributed by atoms with E-state index in [0.29, 0.717) is 10.6 Å². The molecule has 0 radical (unpaired) electrons. The molecule has 5 heteroatoms. The molecule has 1 aromatic heterocycles. The van der Waals surface area contributed by atoms with E-state index in [1.54, 1.807) is 17.4 Å². The summed E-state index contributed by atoms with van der Waals surface area (Å²) >= 11 is 2.55. The number of benzene rings is 1. The molecule has 0 unspecified atom stereocenters. The molecule has 0 aliphatic carbocycles. The van der Waals surface area contributed by atoms with E-state index in [2.05, 4.69) is 0 Å². The van der Waals surface area contributed by atoms with Gasteiger partial charge >= 0.3 is 0 Å². The number of hydrogen-bond acceptors (Lipinski definition) is 4. The fraction of sp³-hybridized carbons (Fsp3) is 0.125. The lowest BCUT2D eigenvalue weighted by atomic mass is 10.1. The Labute approximate surface area is 131 Å². The van der Waals surface area contributed by atoms with Gasteiger partial charge in [-0.3, -0.25) is 9.59 Å². The van der Waals surface area contributed by atoms with Crippen molar-refractivity contribution in [2.24, 2.45) is 0 Å². The van der Waals surface area contributed by atoms with Crippen LogP contribution in [-0.2, 0) is 11.2 Å². The molecule has 2 aromatic rings. The fourth-order valence-electron chi connectivity index (χ4n) is 2.21. The summed E-state index contributed by atoms with van der Waals surface area (Å²) in [6.45, 7) is 2.01. The molecule has 1 aromatic carbocycles. The molecular weight excluding hydrogens is 302 g/mol. The van der Waals surface area contributed by atoms with Crippen LogP contribution in [0.15, 0.2) is 46.7 Å². The number of rotatable bonds is 3. The Morgan fingerprint density at radius 2 is 1.95 bits per heavy atom. The average Bonchev–Trinajstić information content (AvgIpc) is 3.09. The number of carbonyl (C=O) groups is 2. The lowest BCUT2D eigenvalue weighted by Crippen LogP contribution is -2.28. The highest BCUT2D eigenvalue weighted by atomic mass is 32.2. The molecule has 1 aliphatic heterocycles. The van der Waals surface area contributed by atoms with Crippen LogP contribution in [0.3, 0.4) is 0 Å². The second kappa shape index (κ2) is 5.87. The summed E-state index contributed by atoms with van der Waals surface area (Å²) in [7, 11) is 0. The standard InChI is InChI=1S/C16H13NO2S2/c1-2-11-6-3-4-8-13(11)17-15(18)14(21-16(17)19)10-12-7-5-9-20-12/h3-10H,2H2,1H3/b14-10+. The van der Waals surface area contributed by atoms with Gasteiger partial charge in [-0.2, -0.15) is 0 Å². The van der Waals surface area contributed by atoms with Crippen LogP contribution in [0, 0.1) is 0 Å². The van der Waals surface area contributed by atoms with Gasteiger partial charge in [0.15, 0.2) is 0 Å². The number of hydrogen-bond donors (Lipinski definition) is 0. The zero-order valence-corrected chi connectivity index (χ0v) is 13.0. The molecule has 0 N–H and O–H groups in total. The summed E-state index contributed by atoms with van der Waals surface area (Å²) in [6.07, 6.45) is 2.56. The van der Waals surface area contributed by atoms with Crippen molar-refractivity contribution in [2.45, 2.75) is 13.3 Å². The molecular formula is C16H13NO2S2. The van der Waals surface area contributed by atoms with Crippen LogP contribution in [0.1, 0.15) is 17.4 Å². The van der Waals surface area contributed by atoms with E-state index in [1.807, 2.05) is 48.7 Å². The Morgan fingerprint density at radius 1 is 1.14 bits per heavy atom. The summed E-state index contributed by atoms with van der Waals surface area (Å²) in [6, 6.07) is 11.4. The lowest BCUT2D eigenvalue weighted by molar-refractivity contribution is -0.113. The molecule has 0 saturated carbocycles. The van der Waals surface area contributed by atoms with E-state index in [1.165, 1.54) is 4.90 Å². The van der Waals surface area contributed by atoms with Gasteiger partial charge in [0.1, 0.15) is 0 Å². The monoisotopic (exact) mass is 315 g/mol. The van der Waals surface area contributed by atoms with Gasteiger partial charge < -0.3 is 0 Å². The SMILES string of the molecule is CCc1ccccc1N1C(=O)S/C(=C/c2cccs2)C1=O. The molecule has 3 rings (SSSR count). The summed E-state index contributed by atoms with van der Waals surface area (Å²) in [5, 5.41) is 1.71. The van der Waals surface area contributed by atoms with Crippen molar-refractivity contribution in [2.75, 3.05) is 4.90 Å². The molecule has 3 nitrogen and oxygen atoms in total. The molecule has 106 valence electrons. The van der Waals surface area contributed by atoms with Gasteiger partial charge in [0.05, 0.1) is 10.6 Å². The third kappa shape index (κ3) is 2.66. The molecule has 21 heavy (non-hydrogen) atoms. The minimum absolute atomic E-state index is 0.233. The Hall–Kier alpha value is -1.85. The van der Waals surface area contributed by atoms with Crippen molar-refractivity contribution in [3.63, 3.8) is 0 Å². The first-order valence-electron chi connectivity index (χ1n) is 6.60. The van der Waals surface area contributed by atoms with E-state index in [4.69, 9.17) is 0 Å². The van der Waals surface area contributed by atoms with Gasteiger partial charge in [0.25, 0.3) is 11.1 Å². The van der Waals surface area contributed by atoms with Crippen LogP contribution in [-0.4, -0.2) is 11.1 Å². The molecule has 0 spiro atoms. The van der Waals surface area contributed by atoms with Crippen molar-refractivity contribution in [1.82, 2.24) is 0 Å². The van der Waals surface area contributed by atoms with Gasteiger partial charge in [0, 0.05) is 4.88 Å². The maximum atomic E-state index is 12.5. The topological polar surface area (TPSA) is 37.4 Å². The van der Waals surface area contributed by atoms with E-state index < -0.39 is 0 Å². The number of amides is 2. The second-order valence-electron chi connectivity index (χ2n) is 4.51. The molecule has 2 heterocycles. The summed E-state index contributed by atoms with van der Waals surface area (Å²) in [5.41, 5.74) is 1.69. The lowest BCUT2D eigenvalue weighted by Gasteiger charge is -2.16. The second-order valence-corrected chi connectivity index (χ2v) is 6.49. The van der Waals surface area contributed by atoms with E-state index in [0.717, 1.165) is 28.6 Å². The number of thioether (sulfide) groups is 1. The maximum Gasteiger partial charge on any atom is 0.298 e. The van der Waals surface area contributed by atoms with Crippen LogP contribution in [0.4, 0.5) is 10.5 Å². The minimum Gasteiger partial charge on any atom is -0.268 e. The average molecular weight is 315 g/mol. The van der Waals surface area contributed by atoms with Crippen LogP contribution >= 0.6 is 23.1 Å². The molecule has 0 atom stereocenters. The Bertz CT molecular complexity index is 720. The summed E-state index contributed by atoms with van der Waals surface area (Å²) in [5.74, 6) is -0.237. The summed E-state index contributed by atoms with van der Waals surface area (Å²) < 4.78 is 0. The Morgan fingerprint density at radius 3 is 2.67 bits per heavy atom. The number of anilines is 1. The number of para-hydroxylation sites is 1. The van der Waals surface area contributed by atoms with Crippen molar-refractivity contribution in [3.8, 4) is 0 Å². The van der Waals surface area contributed by atoms with Gasteiger partial charge in [-0.05, 0) is 47.3 Å². The number of imide groups is 1. The number of nitrogens with zero attached hydrogens (tertiary/aromatic N) is 1. The zero-order valence-electron chi connectivity index (χ0n) is 11.4. The first-order chi connectivity index (χ1) is 10.2. The van der Waals surface area contributed by atoms with Crippen LogP contribution in [0.5, 0.6) is 0 Å². The molecule has 1 saturated heterocycles. The first kappa shape index (κ1) is 14.1. The minimum atomic E-state index is -0.237. The van der Waals surface area contributed by atoms with Crippen molar-refractivity contribution in [1.29, 1.82) is 0 Å². The van der Waals surface area contributed by atoms with E-state index in [9.17, 15) is 9.59 Å². The molecule has 1 aliphatic rings. The van der Waals surface area contributed by atoms with Crippen molar-refractivity contribution in [3.05, 3.63) is 57.1 Å². The highest BCUT2D eigenvalue weighted by Crippen LogP contribution is 2.37. The van der Waals surface area contributed by atoms with Crippen LogP contribution < -0.4 is 4.90 Å². The van der Waals surface area contributed by atoms with Gasteiger partial charge in [-0.15, -0.1) is 11.3 Å². The highest BCUT2D eigenvalue weighted by molar-refractivity contribution is 8.19. The largest absolute Gasteiger partial charge is 0.298 e. The van der Waals surface area contributed by atoms with Crippen LogP contribution in [0.2, 0.25) is 0 Å². The van der Waals surface area contributed by atoms with E-state index >= 15 is 0 Å². The predicted octanol–water partition coefficient (Wildman–Crippen LogP) is 4.55. The van der Waals surface area contributed by atoms with Gasteiger partial charge in [0.2, 0.25) is 0 Å². The predicted molar refractivity (Wildman–Crippen MR) is 88.6 cm³/mol. The third-order valence-corrected chi connectivity index (χ3v) is 4.91. The van der Waals surface area contributed by atoms with Crippen molar-refractivity contribution < 1.29 is 9.59 Å².